The van der Waals surface area contributed by atoms with E-state index in [1.54, 1.807) is 56.7 Å². The van der Waals surface area contributed by atoms with E-state index >= 15 is 0 Å². The van der Waals surface area contributed by atoms with E-state index in [1.807, 2.05) is 6.07 Å². The van der Waals surface area contributed by atoms with Gasteiger partial charge in [-0.1, -0.05) is 18.2 Å². The summed E-state index contributed by atoms with van der Waals surface area (Å²) < 4.78 is 40.3. The van der Waals surface area contributed by atoms with E-state index in [0.29, 0.717) is 28.6 Å². The van der Waals surface area contributed by atoms with Crippen molar-refractivity contribution in [2.45, 2.75) is 43.8 Å². The summed E-state index contributed by atoms with van der Waals surface area (Å²) in [5.41, 5.74) is 2.68. The number of ether oxygens (including phenoxy) is 2. The fraction of sp³-hybridized carbons (Fsp3) is 0.407. The SMILES string of the molecule is COc1ccc(C2CC(C(F)F)n3nc(-c4ccc(C(=O)NC5CCCNC5)cc4)cc3N2)cc1OC. The van der Waals surface area contributed by atoms with E-state index in [4.69, 9.17) is 9.47 Å². The summed E-state index contributed by atoms with van der Waals surface area (Å²) in [4.78, 5) is 12.6. The molecule has 10 heteroatoms. The number of anilines is 1. The number of methoxy groups -OCH3 is 2. The molecule has 3 aromatic rings. The summed E-state index contributed by atoms with van der Waals surface area (Å²) in [6.45, 7) is 1.75. The van der Waals surface area contributed by atoms with Crippen LogP contribution in [0.25, 0.3) is 11.3 Å². The molecule has 2 aliphatic heterocycles. The molecular weight excluding hydrogens is 480 g/mol. The molecule has 0 radical (unpaired) electrons. The standard InChI is InChI=1S/C27H31F2N5O3/c1-36-23-10-9-18(12-24(23)37-2)20-13-22(26(28)29)34-25(32-20)14-21(33-34)16-5-7-17(8-6-16)27(35)31-19-4-3-11-30-15-19/h5-10,12,14,19-20,22,26,30,32H,3-4,11,13,15H2,1-2H3,(H,31,35). The van der Waals surface area contributed by atoms with Gasteiger partial charge in [0.2, 0.25) is 0 Å². The third-order valence-electron chi connectivity index (χ3n) is 7.02. The zero-order valence-corrected chi connectivity index (χ0v) is 20.8. The summed E-state index contributed by atoms with van der Waals surface area (Å²) >= 11 is 0. The number of amides is 1. The predicted octanol–water partition coefficient (Wildman–Crippen LogP) is 4.41. The first-order valence-electron chi connectivity index (χ1n) is 12.4. The molecular formula is C27H31F2N5O3. The van der Waals surface area contributed by atoms with Crippen LogP contribution in [-0.2, 0) is 0 Å². The van der Waals surface area contributed by atoms with Gasteiger partial charge in [-0.2, -0.15) is 5.10 Å². The first kappa shape index (κ1) is 25.0. The summed E-state index contributed by atoms with van der Waals surface area (Å²) in [6.07, 6.45) is -0.428. The number of carbonyl (C=O) groups excluding carboxylic acids is 1. The second-order valence-corrected chi connectivity index (χ2v) is 9.40. The number of fused-ring (bicyclic) bond motifs is 1. The van der Waals surface area contributed by atoms with Gasteiger partial charge in [0.05, 0.1) is 26.0 Å². The van der Waals surface area contributed by atoms with Crippen LogP contribution >= 0.6 is 0 Å². The van der Waals surface area contributed by atoms with E-state index < -0.39 is 12.5 Å². The molecule has 1 fully saturated rings. The molecule has 2 aliphatic rings. The van der Waals surface area contributed by atoms with Gasteiger partial charge in [0.1, 0.15) is 11.9 Å². The molecule has 2 aromatic carbocycles. The lowest BCUT2D eigenvalue weighted by atomic mass is 9.97. The highest BCUT2D eigenvalue weighted by Gasteiger charge is 2.35. The lowest BCUT2D eigenvalue weighted by Crippen LogP contribution is -2.45. The minimum atomic E-state index is -2.59. The van der Waals surface area contributed by atoms with E-state index in [-0.39, 0.29) is 24.4 Å². The van der Waals surface area contributed by atoms with Crippen molar-refractivity contribution in [1.29, 1.82) is 0 Å². The second kappa shape index (κ2) is 10.8. The molecule has 0 aliphatic carbocycles. The molecule has 0 bridgehead atoms. The molecule has 1 amide bonds. The molecule has 5 rings (SSSR count). The van der Waals surface area contributed by atoms with Gasteiger partial charge in [-0.05, 0) is 55.6 Å². The van der Waals surface area contributed by atoms with Crippen molar-refractivity contribution >= 4 is 11.7 Å². The van der Waals surface area contributed by atoms with E-state index in [0.717, 1.165) is 37.1 Å². The molecule has 3 heterocycles. The molecule has 0 spiro atoms. The van der Waals surface area contributed by atoms with Gasteiger partial charge in [-0.25, -0.2) is 13.5 Å². The first-order valence-corrected chi connectivity index (χ1v) is 12.4. The van der Waals surface area contributed by atoms with Crippen molar-refractivity contribution in [1.82, 2.24) is 20.4 Å². The average molecular weight is 512 g/mol. The van der Waals surface area contributed by atoms with Crippen LogP contribution in [0.1, 0.15) is 47.3 Å². The normalized spacial score (nSPS) is 21.2. The summed E-state index contributed by atoms with van der Waals surface area (Å²) in [6, 6.07) is 13.0. The third-order valence-corrected chi connectivity index (χ3v) is 7.02. The van der Waals surface area contributed by atoms with Crippen LogP contribution in [0.5, 0.6) is 11.5 Å². The molecule has 3 unspecified atom stereocenters. The molecule has 196 valence electrons. The Balaban J connectivity index is 1.36. The van der Waals surface area contributed by atoms with Crippen LogP contribution < -0.4 is 25.4 Å². The Morgan fingerprint density at radius 3 is 2.57 bits per heavy atom. The Bertz CT molecular complexity index is 1240. The Kier molecular flexibility index (Phi) is 7.27. The Morgan fingerprint density at radius 1 is 1.11 bits per heavy atom. The molecule has 8 nitrogen and oxygen atoms in total. The number of hydrogen-bond donors (Lipinski definition) is 3. The summed E-state index contributed by atoms with van der Waals surface area (Å²) in [7, 11) is 3.10. The number of piperidine rings is 1. The van der Waals surface area contributed by atoms with Crippen LogP contribution in [-0.4, -0.2) is 55.5 Å². The zero-order chi connectivity index (χ0) is 25.9. The van der Waals surface area contributed by atoms with Crippen molar-refractivity contribution < 1.29 is 23.0 Å². The summed E-state index contributed by atoms with van der Waals surface area (Å²) in [5.74, 6) is 1.51. The predicted molar refractivity (Wildman–Crippen MR) is 137 cm³/mol. The monoisotopic (exact) mass is 511 g/mol. The Labute approximate surface area is 214 Å². The van der Waals surface area contributed by atoms with Crippen LogP contribution in [0, 0.1) is 0 Å². The number of nitrogens with zero attached hydrogens (tertiary/aromatic N) is 2. The second-order valence-electron chi connectivity index (χ2n) is 9.40. The highest BCUT2D eigenvalue weighted by molar-refractivity contribution is 5.94. The number of hydrogen-bond acceptors (Lipinski definition) is 6. The number of benzene rings is 2. The van der Waals surface area contributed by atoms with Gasteiger partial charge in [-0.15, -0.1) is 0 Å². The molecule has 37 heavy (non-hydrogen) atoms. The van der Waals surface area contributed by atoms with Gasteiger partial charge in [0, 0.05) is 29.8 Å². The van der Waals surface area contributed by atoms with Gasteiger partial charge >= 0.3 is 0 Å². The number of halogens is 2. The van der Waals surface area contributed by atoms with E-state index in [1.165, 1.54) is 4.68 Å². The van der Waals surface area contributed by atoms with Crippen molar-refractivity contribution in [2.75, 3.05) is 32.6 Å². The van der Waals surface area contributed by atoms with Crippen molar-refractivity contribution in [3.8, 4) is 22.8 Å². The highest BCUT2D eigenvalue weighted by atomic mass is 19.3. The first-order chi connectivity index (χ1) is 18.0. The maximum Gasteiger partial charge on any atom is 0.260 e. The van der Waals surface area contributed by atoms with E-state index in [9.17, 15) is 13.6 Å². The molecule has 0 saturated carbocycles. The zero-order valence-electron chi connectivity index (χ0n) is 20.8. The lowest BCUT2D eigenvalue weighted by Gasteiger charge is -2.32. The molecule has 1 saturated heterocycles. The minimum absolute atomic E-state index is 0.122. The van der Waals surface area contributed by atoms with Gasteiger partial charge < -0.3 is 25.4 Å². The number of rotatable bonds is 7. The molecule has 3 atom stereocenters. The van der Waals surface area contributed by atoms with Crippen LogP contribution in [0.3, 0.4) is 0 Å². The van der Waals surface area contributed by atoms with Crippen molar-refractivity contribution in [3.63, 3.8) is 0 Å². The van der Waals surface area contributed by atoms with Gasteiger partial charge in [0.25, 0.3) is 12.3 Å². The van der Waals surface area contributed by atoms with Gasteiger partial charge in [-0.3, -0.25) is 4.79 Å². The Hall–Kier alpha value is -3.66. The average Bonchev–Trinajstić information content (AvgIpc) is 3.37. The van der Waals surface area contributed by atoms with E-state index in [2.05, 4.69) is 21.0 Å². The number of carbonyl (C=O) groups is 1. The van der Waals surface area contributed by atoms with Crippen LogP contribution in [0.15, 0.2) is 48.5 Å². The van der Waals surface area contributed by atoms with Crippen LogP contribution in [0.4, 0.5) is 14.6 Å². The van der Waals surface area contributed by atoms with Crippen LogP contribution in [0.2, 0.25) is 0 Å². The quantitative estimate of drug-likeness (QED) is 0.436. The maximum absolute atomic E-state index is 14.1. The summed E-state index contributed by atoms with van der Waals surface area (Å²) in [5, 5.41) is 14.2. The fourth-order valence-corrected chi connectivity index (χ4v) is 5.01. The largest absolute Gasteiger partial charge is 0.493 e. The fourth-order valence-electron chi connectivity index (χ4n) is 5.01. The topological polar surface area (TPSA) is 89.4 Å². The maximum atomic E-state index is 14.1. The lowest BCUT2D eigenvalue weighted by molar-refractivity contribution is 0.0659. The number of aromatic nitrogens is 2. The highest BCUT2D eigenvalue weighted by Crippen LogP contribution is 2.41. The third kappa shape index (κ3) is 5.24. The molecule has 1 aromatic heterocycles. The molecule has 3 N–H and O–H groups in total. The van der Waals surface area contributed by atoms with Crippen molar-refractivity contribution in [3.05, 3.63) is 59.7 Å². The van der Waals surface area contributed by atoms with Crippen molar-refractivity contribution in [2.24, 2.45) is 0 Å². The van der Waals surface area contributed by atoms with Gasteiger partial charge in [0.15, 0.2) is 11.5 Å². The minimum Gasteiger partial charge on any atom is -0.493 e. The number of nitrogens with one attached hydrogen (secondary N) is 3. The Morgan fingerprint density at radius 2 is 1.89 bits per heavy atom. The smallest absolute Gasteiger partial charge is 0.260 e. The number of alkyl halides is 2.